The number of halogens is 3. The van der Waals surface area contributed by atoms with E-state index >= 15 is 0 Å². The molecule has 0 aliphatic heterocycles. The lowest BCUT2D eigenvalue weighted by atomic mass is 9.97. The van der Waals surface area contributed by atoms with Gasteiger partial charge in [0, 0.05) is 10.6 Å². The Hall–Kier alpha value is -2.69. The topological polar surface area (TPSA) is 38.9 Å². The molecular weight excluding hydrogens is 398 g/mol. The van der Waals surface area contributed by atoms with E-state index in [1.807, 2.05) is 43.3 Å². The fourth-order valence-electron chi connectivity index (χ4n) is 2.98. The molecule has 0 saturated heterocycles. The summed E-state index contributed by atoms with van der Waals surface area (Å²) in [5.74, 6) is 0.112. The van der Waals surface area contributed by atoms with Gasteiger partial charge in [-0.2, -0.15) is 0 Å². The van der Waals surface area contributed by atoms with E-state index in [0.717, 1.165) is 11.1 Å². The van der Waals surface area contributed by atoms with Gasteiger partial charge < -0.3 is 4.42 Å². The Balaban J connectivity index is 1.62. The molecular formula is C22H15Cl2FN2O. The zero-order valence-corrected chi connectivity index (χ0v) is 16.4. The first-order valence-corrected chi connectivity index (χ1v) is 9.42. The van der Waals surface area contributed by atoms with Crippen LogP contribution in [0.3, 0.4) is 0 Å². The molecule has 0 aliphatic rings. The summed E-state index contributed by atoms with van der Waals surface area (Å²) in [5.41, 5.74) is 2.73. The first-order valence-electron chi connectivity index (χ1n) is 8.66. The minimum absolute atomic E-state index is 0.272. The number of benzene rings is 3. The van der Waals surface area contributed by atoms with Gasteiger partial charge >= 0.3 is 0 Å². The van der Waals surface area contributed by atoms with Crippen molar-refractivity contribution in [2.75, 3.05) is 0 Å². The Morgan fingerprint density at radius 1 is 0.893 bits per heavy atom. The maximum atomic E-state index is 14.7. The van der Waals surface area contributed by atoms with Gasteiger partial charge in [0.15, 0.2) is 0 Å². The predicted molar refractivity (Wildman–Crippen MR) is 109 cm³/mol. The number of hydrogen-bond acceptors (Lipinski definition) is 3. The van der Waals surface area contributed by atoms with Gasteiger partial charge in [-0.3, -0.25) is 0 Å². The van der Waals surface area contributed by atoms with Crippen LogP contribution in [0.5, 0.6) is 0 Å². The van der Waals surface area contributed by atoms with Crippen LogP contribution >= 0.6 is 23.2 Å². The van der Waals surface area contributed by atoms with Gasteiger partial charge in [-0.05, 0) is 42.3 Å². The number of rotatable bonds is 4. The molecule has 0 fully saturated rings. The van der Waals surface area contributed by atoms with Crippen LogP contribution in [0.25, 0.3) is 22.6 Å². The summed E-state index contributed by atoms with van der Waals surface area (Å²) in [6, 6.07) is 19.6. The summed E-state index contributed by atoms with van der Waals surface area (Å²) >= 11 is 12.1. The maximum Gasteiger partial charge on any atom is 0.249 e. The van der Waals surface area contributed by atoms with Crippen molar-refractivity contribution in [2.24, 2.45) is 0 Å². The monoisotopic (exact) mass is 412 g/mol. The van der Waals surface area contributed by atoms with Crippen LogP contribution in [-0.2, 0) is 0 Å². The fourth-order valence-corrected chi connectivity index (χ4v) is 3.47. The zero-order valence-electron chi connectivity index (χ0n) is 14.9. The number of hydrogen-bond donors (Lipinski definition) is 0. The second kappa shape index (κ2) is 7.74. The molecule has 0 N–H and O–H groups in total. The fraction of sp³-hybridized carbons (Fsp3) is 0.0909. The average Bonchev–Trinajstić information content (AvgIpc) is 3.18. The Bertz CT molecular complexity index is 1130. The molecule has 3 aromatic carbocycles. The standard InChI is InChI=1S/C22H15Cl2FN2O/c1-13(15-7-9-17(20(25)11-15)14-5-3-2-4-6-14)21-26-27-22(28-21)18-10-8-16(23)12-19(18)24/h2-13H,1H3. The second-order valence-electron chi connectivity index (χ2n) is 6.40. The van der Waals surface area contributed by atoms with Crippen LogP contribution in [0.1, 0.15) is 24.3 Å². The van der Waals surface area contributed by atoms with Crippen LogP contribution in [0.2, 0.25) is 10.0 Å². The highest BCUT2D eigenvalue weighted by Crippen LogP contribution is 2.33. The van der Waals surface area contributed by atoms with E-state index < -0.39 is 0 Å². The van der Waals surface area contributed by atoms with Crippen LogP contribution in [0, 0.1) is 5.82 Å². The van der Waals surface area contributed by atoms with Crippen LogP contribution in [0.15, 0.2) is 71.1 Å². The van der Waals surface area contributed by atoms with Gasteiger partial charge in [-0.15, -0.1) is 10.2 Å². The van der Waals surface area contributed by atoms with Crippen LogP contribution in [-0.4, -0.2) is 10.2 Å². The summed E-state index contributed by atoms with van der Waals surface area (Å²) in [7, 11) is 0. The van der Waals surface area contributed by atoms with Gasteiger partial charge in [0.2, 0.25) is 11.8 Å². The van der Waals surface area contributed by atoms with E-state index in [2.05, 4.69) is 10.2 Å². The SMILES string of the molecule is CC(c1ccc(-c2ccccc2)c(F)c1)c1nnc(-c2ccc(Cl)cc2Cl)o1. The summed E-state index contributed by atoms with van der Waals surface area (Å²) in [6.07, 6.45) is 0. The molecule has 140 valence electrons. The molecule has 4 rings (SSSR count). The molecule has 1 unspecified atom stereocenters. The molecule has 28 heavy (non-hydrogen) atoms. The third kappa shape index (κ3) is 3.66. The summed E-state index contributed by atoms with van der Waals surface area (Å²) in [6.45, 7) is 1.89. The normalized spacial score (nSPS) is 12.1. The Morgan fingerprint density at radius 2 is 1.64 bits per heavy atom. The highest BCUT2D eigenvalue weighted by molar-refractivity contribution is 6.36. The first-order chi connectivity index (χ1) is 13.5. The molecule has 0 bridgehead atoms. The van der Waals surface area contributed by atoms with E-state index in [1.54, 1.807) is 24.3 Å². The highest BCUT2D eigenvalue weighted by atomic mass is 35.5. The lowest BCUT2D eigenvalue weighted by Crippen LogP contribution is -1.98. The molecule has 0 amide bonds. The van der Waals surface area contributed by atoms with Crippen molar-refractivity contribution in [3.8, 4) is 22.6 Å². The first kappa shape index (κ1) is 18.7. The minimum Gasteiger partial charge on any atom is -0.420 e. The smallest absolute Gasteiger partial charge is 0.249 e. The van der Waals surface area contributed by atoms with Gasteiger partial charge in [0.1, 0.15) is 5.82 Å². The van der Waals surface area contributed by atoms with E-state index in [0.29, 0.717) is 33.0 Å². The zero-order chi connectivity index (χ0) is 19.7. The van der Waals surface area contributed by atoms with Crippen molar-refractivity contribution in [1.82, 2.24) is 10.2 Å². The Morgan fingerprint density at radius 3 is 2.36 bits per heavy atom. The molecule has 3 nitrogen and oxygen atoms in total. The minimum atomic E-state index is -0.295. The van der Waals surface area contributed by atoms with Crippen LogP contribution < -0.4 is 0 Å². The van der Waals surface area contributed by atoms with E-state index in [-0.39, 0.29) is 11.7 Å². The van der Waals surface area contributed by atoms with Crippen molar-refractivity contribution in [3.63, 3.8) is 0 Å². The van der Waals surface area contributed by atoms with Gasteiger partial charge in [0.05, 0.1) is 16.5 Å². The molecule has 1 heterocycles. The number of aromatic nitrogens is 2. The molecule has 0 aliphatic carbocycles. The summed E-state index contributed by atoms with van der Waals surface area (Å²) < 4.78 is 20.5. The molecule has 0 spiro atoms. The largest absolute Gasteiger partial charge is 0.420 e. The molecule has 0 saturated carbocycles. The van der Waals surface area contributed by atoms with Crippen molar-refractivity contribution >= 4 is 23.2 Å². The molecule has 1 atom stereocenters. The van der Waals surface area contributed by atoms with Crippen molar-refractivity contribution in [3.05, 3.63) is 94.0 Å². The van der Waals surface area contributed by atoms with Crippen molar-refractivity contribution in [2.45, 2.75) is 12.8 Å². The maximum absolute atomic E-state index is 14.7. The van der Waals surface area contributed by atoms with Crippen LogP contribution in [0.4, 0.5) is 4.39 Å². The van der Waals surface area contributed by atoms with E-state index in [4.69, 9.17) is 27.6 Å². The quantitative estimate of drug-likeness (QED) is 0.362. The second-order valence-corrected chi connectivity index (χ2v) is 7.24. The lowest BCUT2D eigenvalue weighted by Gasteiger charge is -2.10. The van der Waals surface area contributed by atoms with Crippen molar-refractivity contribution < 1.29 is 8.81 Å². The predicted octanol–water partition coefficient (Wildman–Crippen LogP) is 7.00. The third-order valence-corrected chi connectivity index (χ3v) is 5.10. The summed E-state index contributed by atoms with van der Waals surface area (Å²) in [5, 5.41) is 9.13. The van der Waals surface area contributed by atoms with Gasteiger partial charge in [0.25, 0.3) is 0 Å². The van der Waals surface area contributed by atoms with Gasteiger partial charge in [-0.1, -0.05) is 65.7 Å². The third-order valence-electron chi connectivity index (χ3n) is 4.55. The van der Waals surface area contributed by atoms with Gasteiger partial charge in [-0.25, -0.2) is 4.39 Å². The molecule has 6 heteroatoms. The summed E-state index contributed by atoms with van der Waals surface area (Å²) in [4.78, 5) is 0. The van der Waals surface area contributed by atoms with E-state index in [9.17, 15) is 4.39 Å². The van der Waals surface area contributed by atoms with Crippen molar-refractivity contribution in [1.29, 1.82) is 0 Å². The highest BCUT2D eigenvalue weighted by Gasteiger charge is 2.19. The Kier molecular flexibility index (Phi) is 5.16. The average molecular weight is 413 g/mol. The Labute approximate surface area is 171 Å². The molecule has 1 aromatic heterocycles. The molecule has 4 aromatic rings. The lowest BCUT2D eigenvalue weighted by molar-refractivity contribution is 0.490. The number of nitrogens with zero attached hydrogens (tertiary/aromatic N) is 2. The van der Waals surface area contributed by atoms with E-state index in [1.165, 1.54) is 6.07 Å². The molecule has 0 radical (unpaired) electrons.